The zero-order chi connectivity index (χ0) is 9.68. The van der Waals surface area contributed by atoms with Crippen LogP contribution < -0.4 is 5.32 Å². The third-order valence-electron chi connectivity index (χ3n) is 2.87. The highest BCUT2D eigenvalue weighted by Crippen LogP contribution is 2.12. The first-order chi connectivity index (χ1) is 6.29. The van der Waals surface area contributed by atoms with Gasteiger partial charge in [-0.05, 0) is 32.9 Å². The smallest absolute Gasteiger partial charge is 0.0975 e. The Bertz CT molecular complexity index is 179. The Balaban J connectivity index is 2.44. The number of hydrogen-bond donors (Lipinski definition) is 1. The van der Waals surface area contributed by atoms with Crippen LogP contribution in [0, 0.1) is 11.3 Å². The summed E-state index contributed by atoms with van der Waals surface area (Å²) in [6, 6.07) is 2.99. The third kappa shape index (κ3) is 2.68. The van der Waals surface area contributed by atoms with Gasteiger partial charge in [0.05, 0.1) is 12.1 Å². The molecule has 0 aliphatic carbocycles. The van der Waals surface area contributed by atoms with Gasteiger partial charge >= 0.3 is 0 Å². The molecule has 2 unspecified atom stereocenters. The van der Waals surface area contributed by atoms with E-state index in [2.05, 4.69) is 30.3 Å². The van der Waals surface area contributed by atoms with Gasteiger partial charge in [-0.2, -0.15) is 5.26 Å². The second-order valence-corrected chi connectivity index (χ2v) is 3.72. The van der Waals surface area contributed by atoms with E-state index in [0.717, 1.165) is 19.5 Å². The van der Waals surface area contributed by atoms with E-state index in [-0.39, 0.29) is 6.04 Å². The normalized spacial score (nSPS) is 25.5. The lowest BCUT2D eigenvalue weighted by molar-refractivity contribution is 0.171. The predicted molar refractivity (Wildman–Crippen MR) is 53.3 cm³/mol. The average Bonchev–Trinajstić information content (AvgIpc) is 2.21. The summed E-state index contributed by atoms with van der Waals surface area (Å²) in [5.74, 6) is 0. The maximum Gasteiger partial charge on any atom is 0.0975 e. The number of nitrogens with zero attached hydrogens (tertiary/aromatic N) is 2. The zero-order valence-electron chi connectivity index (χ0n) is 8.58. The van der Waals surface area contributed by atoms with Gasteiger partial charge in [0.15, 0.2) is 0 Å². The summed E-state index contributed by atoms with van der Waals surface area (Å²) in [4.78, 5) is 2.21. The Kier molecular flexibility index (Phi) is 4.20. The second-order valence-electron chi connectivity index (χ2n) is 3.72. The lowest BCUT2D eigenvalue weighted by Crippen LogP contribution is -2.47. The van der Waals surface area contributed by atoms with E-state index < -0.39 is 0 Å². The van der Waals surface area contributed by atoms with Crippen molar-refractivity contribution < 1.29 is 0 Å². The van der Waals surface area contributed by atoms with Gasteiger partial charge < -0.3 is 5.32 Å². The molecule has 3 nitrogen and oxygen atoms in total. The number of hydrogen-bond acceptors (Lipinski definition) is 3. The van der Waals surface area contributed by atoms with Gasteiger partial charge in [0.2, 0.25) is 0 Å². The molecule has 1 aliphatic heterocycles. The summed E-state index contributed by atoms with van der Waals surface area (Å²) in [6.45, 7) is 4.24. The van der Waals surface area contributed by atoms with Crippen LogP contribution in [0.1, 0.15) is 26.2 Å². The Morgan fingerprint density at radius 3 is 2.92 bits per heavy atom. The van der Waals surface area contributed by atoms with Gasteiger partial charge in [-0.3, -0.25) is 4.90 Å². The van der Waals surface area contributed by atoms with Crippen LogP contribution >= 0.6 is 0 Å². The Labute approximate surface area is 80.7 Å². The van der Waals surface area contributed by atoms with E-state index in [1.807, 2.05) is 0 Å². The van der Waals surface area contributed by atoms with E-state index in [1.54, 1.807) is 0 Å². The van der Waals surface area contributed by atoms with Crippen molar-refractivity contribution in [3.8, 4) is 6.07 Å². The van der Waals surface area contributed by atoms with Crippen molar-refractivity contribution in [2.24, 2.45) is 0 Å². The molecule has 13 heavy (non-hydrogen) atoms. The monoisotopic (exact) mass is 181 g/mol. The minimum Gasteiger partial charge on any atom is -0.315 e. The fourth-order valence-corrected chi connectivity index (χ4v) is 1.91. The third-order valence-corrected chi connectivity index (χ3v) is 2.87. The molecule has 0 aromatic carbocycles. The van der Waals surface area contributed by atoms with Crippen molar-refractivity contribution in [1.29, 1.82) is 5.26 Å². The lowest BCUT2D eigenvalue weighted by atomic mass is 10.0. The summed E-state index contributed by atoms with van der Waals surface area (Å²) in [6.07, 6.45) is 3.38. The minimum absolute atomic E-state index is 0.0879. The first kappa shape index (κ1) is 10.5. The van der Waals surface area contributed by atoms with Gasteiger partial charge in [-0.15, -0.1) is 0 Å². The highest BCUT2D eigenvalue weighted by atomic mass is 15.2. The SMILES string of the molecule is CCC(C#N)N(C)C1CCCNC1. The van der Waals surface area contributed by atoms with Gasteiger partial charge in [-0.25, -0.2) is 0 Å². The number of piperidine rings is 1. The molecule has 1 aliphatic rings. The maximum absolute atomic E-state index is 8.92. The number of likely N-dealkylation sites (N-methyl/N-ethyl adjacent to an activating group) is 1. The highest BCUT2D eigenvalue weighted by molar-refractivity contribution is 4.93. The predicted octanol–water partition coefficient (Wildman–Crippen LogP) is 0.972. The van der Waals surface area contributed by atoms with Crippen LogP contribution in [0.4, 0.5) is 0 Å². The Morgan fingerprint density at radius 2 is 2.46 bits per heavy atom. The Morgan fingerprint density at radius 1 is 1.69 bits per heavy atom. The number of nitriles is 1. The summed E-state index contributed by atoms with van der Waals surface area (Å²) in [7, 11) is 2.06. The molecule has 1 heterocycles. The lowest BCUT2D eigenvalue weighted by Gasteiger charge is -2.34. The van der Waals surface area contributed by atoms with E-state index in [0.29, 0.717) is 6.04 Å². The summed E-state index contributed by atoms with van der Waals surface area (Å²) in [5, 5.41) is 12.3. The van der Waals surface area contributed by atoms with E-state index >= 15 is 0 Å². The molecule has 1 N–H and O–H groups in total. The first-order valence-corrected chi connectivity index (χ1v) is 5.11. The molecule has 1 rings (SSSR count). The molecule has 0 spiro atoms. The number of rotatable bonds is 3. The topological polar surface area (TPSA) is 39.1 Å². The zero-order valence-corrected chi connectivity index (χ0v) is 8.58. The average molecular weight is 181 g/mol. The van der Waals surface area contributed by atoms with Gasteiger partial charge in [0.25, 0.3) is 0 Å². The van der Waals surface area contributed by atoms with E-state index in [9.17, 15) is 0 Å². The fourth-order valence-electron chi connectivity index (χ4n) is 1.91. The van der Waals surface area contributed by atoms with Crippen molar-refractivity contribution in [2.75, 3.05) is 20.1 Å². The molecule has 0 saturated carbocycles. The first-order valence-electron chi connectivity index (χ1n) is 5.11. The van der Waals surface area contributed by atoms with E-state index in [1.165, 1.54) is 12.8 Å². The molecule has 3 heteroatoms. The molecule has 1 saturated heterocycles. The summed E-state index contributed by atoms with van der Waals surface area (Å²) >= 11 is 0. The fraction of sp³-hybridized carbons (Fsp3) is 0.900. The molecule has 74 valence electrons. The van der Waals surface area contributed by atoms with Crippen molar-refractivity contribution in [3.63, 3.8) is 0 Å². The molecular formula is C10H19N3. The maximum atomic E-state index is 8.92. The molecule has 1 fully saturated rings. The van der Waals surface area contributed by atoms with Crippen molar-refractivity contribution >= 4 is 0 Å². The van der Waals surface area contributed by atoms with Crippen molar-refractivity contribution in [1.82, 2.24) is 10.2 Å². The molecule has 0 amide bonds. The minimum atomic E-state index is 0.0879. The largest absolute Gasteiger partial charge is 0.315 e. The van der Waals surface area contributed by atoms with Gasteiger partial charge in [0, 0.05) is 12.6 Å². The standard InChI is InChI=1S/C10H19N3/c1-3-9(7-11)13(2)10-5-4-6-12-8-10/h9-10,12H,3-6,8H2,1-2H3. The molecule has 0 aromatic heterocycles. The van der Waals surface area contributed by atoms with Gasteiger partial charge in [0.1, 0.15) is 0 Å². The van der Waals surface area contributed by atoms with Crippen molar-refractivity contribution in [2.45, 2.75) is 38.3 Å². The van der Waals surface area contributed by atoms with Crippen LogP contribution in [0.5, 0.6) is 0 Å². The highest BCUT2D eigenvalue weighted by Gasteiger charge is 2.22. The molecular weight excluding hydrogens is 162 g/mol. The van der Waals surface area contributed by atoms with Crippen molar-refractivity contribution in [3.05, 3.63) is 0 Å². The molecule has 0 bridgehead atoms. The van der Waals surface area contributed by atoms with Crippen LogP contribution in [0.2, 0.25) is 0 Å². The Hall–Kier alpha value is -0.590. The quantitative estimate of drug-likeness (QED) is 0.705. The molecule has 0 radical (unpaired) electrons. The second kappa shape index (κ2) is 5.21. The molecule has 2 atom stereocenters. The van der Waals surface area contributed by atoms with Crippen LogP contribution in [0.3, 0.4) is 0 Å². The molecule has 0 aromatic rings. The summed E-state index contributed by atoms with van der Waals surface area (Å²) in [5.41, 5.74) is 0. The summed E-state index contributed by atoms with van der Waals surface area (Å²) < 4.78 is 0. The van der Waals surface area contributed by atoms with Crippen LogP contribution in [0.15, 0.2) is 0 Å². The van der Waals surface area contributed by atoms with Crippen LogP contribution in [0.25, 0.3) is 0 Å². The van der Waals surface area contributed by atoms with E-state index in [4.69, 9.17) is 5.26 Å². The van der Waals surface area contributed by atoms with Crippen LogP contribution in [-0.4, -0.2) is 37.1 Å². The number of nitrogens with one attached hydrogen (secondary N) is 1. The van der Waals surface area contributed by atoms with Gasteiger partial charge in [-0.1, -0.05) is 6.92 Å². The van der Waals surface area contributed by atoms with Crippen LogP contribution in [-0.2, 0) is 0 Å².